The summed E-state index contributed by atoms with van der Waals surface area (Å²) in [6, 6.07) is 0.299. The minimum atomic E-state index is 0.299. The molecule has 0 saturated carbocycles. The van der Waals surface area contributed by atoms with Gasteiger partial charge in [0.1, 0.15) is 5.82 Å². The van der Waals surface area contributed by atoms with Gasteiger partial charge in [0.25, 0.3) is 0 Å². The summed E-state index contributed by atoms with van der Waals surface area (Å²) < 4.78 is 7.67. The normalized spacial score (nSPS) is 12.9. The Balaban J connectivity index is 2.63. The molecule has 0 bridgehead atoms. The summed E-state index contributed by atoms with van der Waals surface area (Å²) in [7, 11) is 0. The van der Waals surface area contributed by atoms with E-state index < -0.39 is 0 Å². The van der Waals surface area contributed by atoms with Crippen LogP contribution >= 0.6 is 0 Å². The number of nitrogens with zero attached hydrogens (tertiary/aromatic N) is 2. The Bertz CT molecular complexity index is 299. The molecule has 4 heteroatoms. The van der Waals surface area contributed by atoms with Gasteiger partial charge in [-0.1, -0.05) is 13.8 Å². The van der Waals surface area contributed by atoms with E-state index in [0.717, 1.165) is 45.0 Å². The first-order valence-corrected chi connectivity index (χ1v) is 6.65. The molecule has 0 aliphatic heterocycles. The van der Waals surface area contributed by atoms with Crippen LogP contribution in [0.15, 0.2) is 12.4 Å². The largest absolute Gasteiger partial charge is 0.382 e. The van der Waals surface area contributed by atoms with Crippen molar-refractivity contribution in [2.45, 2.75) is 46.2 Å². The zero-order valence-corrected chi connectivity index (χ0v) is 11.3. The molecule has 4 nitrogen and oxygen atoms in total. The number of nitrogens with one attached hydrogen (secondary N) is 1. The van der Waals surface area contributed by atoms with Gasteiger partial charge in [0.15, 0.2) is 0 Å². The van der Waals surface area contributed by atoms with Crippen molar-refractivity contribution in [2.75, 3.05) is 19.8 Å². The quantitative estimate of drug-likeness (QED) is 0.672. The van der Waals surface area contributed by atoms with Crippen molar-refractivity contribution in [1.29, 1.82) is 0 Å². The molecule has 17 heavy (non-hydrogen) atoms. The van der Waals surface area contributed by atoms with Crippen molar-refractivity contribution in [1.82, 2.24) is 14.9 Å². The highest BCUT2D eigenvalue weighted by Gasteiger charge is 2.15. The molecule has 0 aliphatic rings. The van der Waals surface area contributed by atoms with E-state index in [1.165, 1.54) is 0 Å². The summed E-state index contributed by atoms with van der Waals surface area (Å²) in [5, 5.41) is 3.48. The summed E-state index contributed by atoms with van der Waals surface area (Å²) in [4.78, 5) is 4.48. The Morgan fingerprint density at radius 2 is 2.24 bits per heavy atom. The molecule has 1 rings (SSSR count). The van der Waals surface area contributed by atoms with Crippen LogP contribution in [0.25, 0.3) is 0 Å². The highest BCUT2D eigenvalue weighted by atomic mass is 16.5. The summed E-state index contributed by atoms with van der Waals surface area (Å²) in [6.07, 6.45) is 6.05. The Kier molecular flexibility index (Phi) is 6.89. The summed E-state index contributed by atoms with van der Waals surface area (Å²) in [6.45, 7) is 9.89. The van der Waals surface area contributed by atoms with Gasteiger partial charge in [-0.05, 0) is 26.3 Å². The fourth-order valence-electron chi connectivity index (χ4n) is 1.98. The number of hydrogen-bond donors (Lipinski definition) is 1. The molecule has 0 aromatic carbocycles. The first-order valence-electron chi connectivity index (χ1n) is 6.65. The summed E-state index contributed by atoms with van der Waals surface area (Å²) >= 11 is 0. The van der Waals surface area contributed by atoms with Gasteiger partial charge < -0.3 is 14.6 Å². The summed E-state index contributed by atoms with van der Waals surface area (Å²) in [5.41, 5.74) is 0. The third kappa shape index (κ3) is 4.48. The standard InChI is InChI=1S/C13H25N3O/c1-4-9-16-10-8-15-13(16)12(14-5-2)7-11-17-6-3/h8,10,12,14H,4-7,9,11H2,1-3H3. The molecule has 0 saturated heterocycles. The third-order valence-corrected chi connectivity index (χ3v) is 2.73. The van der Waals surface area contributed by atoms with Gasteiger partial charge in [0, 0.05) is 32.2 Å². The van der Waals surface area contributed by atoms with Crippen LogP contribution in [-0.2, 0) is 11.3 Å². The maximum Gasteiger partial charge on any atom is 0.125 e. The fraction of sp³-hybridized carbons (Fsp3) is 0.769. The van der Waals surface area contributed by atoms with Gasteiger partial charge in [-0.15, -0.1) is 0 Å². The number of hydrogen-bond acceptors (Lipinski definition) is 3. The van der Waals surface area contributed by atoms with E-state index in [4.69, 9.17) is 4.74 Å². The highest BCUT2D eigenvalue weighted by molar-refractivity contribution is 4.99. The average Bonchev–Trinajstić information content (AvgIpc) is 2.77. The smallest absolute Gasteiger partial charge is 0.125 e. The van der Waals surface area contributed by atoms with Gasteiger partial charge in [0.05, 0.1) is 6.04 Å². The molecule has 0 spiro atoms. The molecule has 98 valence electrons. The predicted molar refractivity (Wildman–Crippen MR) is 70.0 cm³/mol. The molecule has 1 heterocycles. The van der Waals surface area contributed by atoms with E-state index in [2.05, 4.69) is 34.9 Å². The molecule has 1 N–H and O–H groups in total. The second kappa shape index (κ2) is 8.25. The lowest BCUT2D eigenvalue weighted by atomic mass is 10.2. The van der Waals surface area contributed by atoms with Crippen molar-refractivity contribution in [3.8, 4) is 0 Å². The lowest BCUT2D eigenvalue weighted by Crippen LogP contribution is -2.25. The van der Waals surface area contributed by atoms with Gasteiger partial charge in [-0.3, -0.25) is 0 Å². The van der Waals surface area contributed by atoms with E-state index in [1.807, 2.05) is 13.1 Å². The van der Waals surface area contributed by atoms with Crippen molar-refractivity contribution in [3.63, 3.8) is 0 Å². The first kappa shape index (κ1) is 14.2. The van der Waals surface area contributed by atoms with E-state index >= 15 is 0 Å². The fourth-order valence-corrected chi connectivity index (χ4v) is 1.98. The molecule has 1 aromatic heterocycles. The van der Waals surface area contributed by atoms with Crippen LogP contribution in [0.3, 0.4) is 0 Å². The zero-order chi connectivity index (χ0) is 12.5. The second-order valence-corrected chi connectivity index (χ2v) is 4.07. The van der Waals surface area contributed by atoms with E-state index in [-0.39, 0.29) is 0 Å². The average molecular weight is 239 g/mol. The molecule has 0 fully saturated rings. The highest BCUT2D eigenvalue weighted by Crippen LogP contribution is 2.15. The second-order valence-electron chi connectivity index (χ2n) is 4.07. The van der Waals surface area contributed by atoms with Gasteiger partial charge >= 0.3 is 0 Å². The summed E-state index contributed by atoms with van der Waals surface area (Å²) in [5.74, 6) is 1.13. The van der Waals surface area contributed by atoms with E-state index in [9.17, 15) is 0 Å². The van der Waals surface area contributed by atoms with Gasteiger partial charge in [0.2, 0.25) is 0 Å². The first-order chi connectivity index (χ1) is 8.33. The Labute approximate surface area is 104 Å². The maximum absolute atomic E-state index is 5.43. The molecular weight excluding hydrogens is 214 g/mol. The number of imidazole rings is 1. The van der Waals surface area contributed by atoms with Gasteiger partial charge in [-0.2, -0.15) is 0 Å². The zero-order valence-electron chi connectivity index (χ0n) is 11.3. The van der Waals surface area contributed by atoms with Crippen molar-refractivity contribution < 1.29 is 4.74 Å². The van der Waals surface area contributed by atoms with Crippen LogP contribution in [0.4, 0.5) is 0 Å². The Hall–Kier alpha value is -0.870. The Morgan fingerprint density at radius 1 is 1.41 bits per heavy atom. The number of ether oxygens (including phenoxy) is 1. The molecule has 1 atom stereocenters. The minimum absolute atomic E-state index is 0.299. The molecule has 0 amide bonds. The molecule has 1 aromatic rings. The van der Waals surface area contributed by atoms with Gasteiger partial charge in [-0.25, -0.2) is 4.98 Å². The SMILES string of the molecule is CCCn1ccnc1C(CCOCC)NCC. The minimum Gasteiger partial charge on any atom is -0.382 e. The lowest BCUT2D eigenvalue weighted by molar-refractivity contribution is 0.135. The van der Waals surface area contributed by atoms with E-state index in [1.54, 1.807) is 0 Å². The number of aromatic nitrogens is 2. The van der Waals surface area contributed by atoms with E-state index in [0.29, 0.717) is 6.04 Å². The maximum atomic E-state index is 5.43. The number of rotatable bonds is 9. The lowest BCUT2D eigenvalue weighted by Gasteiger charge is -2.18. The Morgan fingerprint density at radius 3 is 2.88 bits per heavy atom. The van der Waals surface area contributed by atoms with Crippen LogP contribution in [0.5, 0.6) is 0 Å². The monoisotopic (exact) mass is 239 g/mol. The molecule has 0 radical (unpaired) electrons. The van der Waals surface area contributed by atoms with Crippen LogP contribution in [0.1, 0.15) is 45.5 Å². The molecular formula is C13H25N3O. The number of aryl methyl sites for hydroxylation is 1. The van der Waals surface area contributed by atoms with Crippen LogP contribution in [0, 0.1) is 0 Å². The topological polar surface area (TPSA) is 39.1 Å². The predicted octanol–water partition coefficient (Wildman–Crippen LogP) is 2.37. The van der Waals surface area contributed by atoms with Crippen molar-refractivity contribution in [2.24, 2.45) is 0 Å². The van der Waals surface area contributed by atoms with Crippen molar-refractivity contribution >= 4 is 0 Å². The van der Waals surface area contributed by atoms with Crippen molar-refractivity contribution in [3.05, 3.63) is 18.2 Å². The van der Waals surface area contributed by atoms with Crippen LogP contribution < -0.4 is 5.32 Å². The molecule has 0 aliphatic carbocycles. The third-order valence-electron chi connectivity index (χ3n) is 2.73. The molecule has 1 unspecified atom stereocenters. The van der Waals surface area contributed by atoms with Crippen LogP contribution in [0.2, 0.25) is 0 Å². The van der Waals surface area contributed by atoms with Crippen LogP contribution in [-0.4, -0.2) is 29.3 Å².